The average Bonchev–Trinajstić information content (AvgIpc) is 2.33. The molecule has 0 aliphatic rings. The highest BCUT2D eigenvalue weighted by atomic mass is 31.2. The Labute approximate surface area is 141 Å². The van der Waals surface area contributed by atoms with E-state index in [9.17, 15) is 61.6 Å². The van der Waals surface area contributed by atoms with Crippen molar-refractivity contribution in [1.82, 2.24) is 12.3 Å². The Balaban J connectivity index is -0.00000288. The van der Waals surface area contributed by atoms with E-state index >= 15 is 0 Å². The Hall–Kier alpha value is -0.840. The third kappa shape index (κ3) is 5.16. The standard InChI is InChI=1S/C8H6F13O3P.2H3N/c9-3(10,1-2-25(22,23)24)4(11,12)5(13,14)6(15,16)7(17,18)8(19,20)21;;/h1-2H2,(H2,22,23,24);2*1H3. The maximum atomic E-state index is 13.0. The molecule has 0 atom stereocenters. The number of rotatable bonds is 7. The fourth-order valence-electron chi connectivity index (χ4n) is 1.25. The molecule has 168 valence electrons. The van der Waals surface area contributed by atoms with E-state index in [2.05, 4.69) is 0 Å². The van der Waals surface area contributed by atoms with Crippen LogP contribution < -0.4 is 12.3 Å². The Morgan fingerprint density at radius 1 is 0.593 bits per heavy atom. The average molecular weight is 462 g/mol. The second kappa shape index (κ2) is 7.88. The van der Waals surface area contributed by atoms with E-state index < -0.39 is 56.0 Å². The molecular formula is C8H12F13N2O3P. The van der Waals surface area contributed by atoms with Gasteiger partial charge in [-0.1, -0.05) is 0 Å². The zero-order valence-electron chi connectivity index (χ0n) is 12.5. The Bertz CT molecular complexity index is 544. The van der Waals surface area contributed by atoms with Crippen LogP contribution in [0.4, 0.5) is 57.1 Å². The van der Waals surface area contributed by atoms with Crippen LogP contribution in [0.2, 0.25) is 0 Å². The molecule has 0 spiro atoms. The minimum atomic E-state index is -8.02. The van der Waals surface area contributed by atoms with Crippen LogP contribution in [0.3, 0.4) is 0 Å². The highest BCUT2D eigenvalue weighted by Crippen LogP contribution is 2.61. The van der Waals surface area contributed by atoms with Gasteiger partial charge in [-0.3, -0.25) is 4.57 Å². The van der Waals surface area contributed by atoms with Gasteiger partial charge in [0.15, 0.2) is 0 Å². The summed E-state index contributed by atoms with van der Waals surface area (Å²) in [5.74, 6) is -37.8. The van der Waals surface area contributed by atoms with Gasteiger partial charge in [-0.25, -0.2) is 0 Å². The van der Waals surface area contributed by atoms with Crippen molar-refractivity contribution in [1.29, 1.82) is 0 Å². The molecular weight excluding hydrogens is 450 g/mol. The molecule has 0 aliphatic carbocycles. The van der Waals surface area contributed by atoms with Crippen molar-refractivity contribution in [3.05, 3.63) is 0 Å². The lowest BCUT2D eigenvalue weighted by molar-refractivity contribution is -0.439. The van der Waals surface area contributed by atoms with Gasteiger partial charge in [0.25, 0.3) is 0 Å². The Morgan fingerprint density at radius 3 is 1.15 bits per heavy atom. The SMILES string of the molecule is N.N.O=P(O)(O)CCC(F)(F)C(F)(F)C(F)(F)C(F)(F)C(F)(F)C(F)(F)F. The number of alkyl halides is 13. The fraction of sp³-hybridized carbons (Fsp3) is 1.00. The molecule has 0 saturated carbocycles. The summed E-state index contributed by atoms with van der Waals surface area (Å²) in [6, 6.07) is 0. The lowest BCUT2D eigenvalue weighted by Gasteiger charge is -2.39. The van der Waals surface area contributed by atoms with Crippen molar-refractivity contribution in [2.75, 3.05) is 6.16 Å². The molecule has 0 aliphatic heterocycles. The Morgan fingerprint density at radius 2 is 0.889 bits per heavy atom. The molecule has 27 heavy (non-hydrogen) atoms. The van der Waals surface area contributed by atoms with Crippen molar-refractivity contribution in [3.63, 3.8) is 0 Å². The van der Waals surface area contributed by atoms with E-state index in [1.165, 1.54) is 0 Å². The first kappa shape index (κ1) is 30.9. The van der Waals surface area contributed by atoms with Crippen LogP contribution in [0, 0.1) is 0 Å². The summed E-state index contributed by atoms with van der Waals surface area (Å²) in [6.07, 6.45) is -12.7. The summed E-state index contributed by atoms with van der Waals surface area (Å²) in [7, 11) is -5.56. The maximum absolute atomic E-state index is 13.0. The largest absolute Gasteiger partial charge is 0.460 e. The molecule has 0 radical (unpaired) electrons. The van der Waals surface area contributed by atoms with Crippen LogP contribution in [-0.4, -0.2) is 51.7 Å². The van der Waals surface area contributed by atoms with Crippen molar-refractivity contribution in [2.45, 2.75) is 42.2 Å². The molecule has 0 rings (SSSR count). The van der Waals surface area contributed by atoms with Gasteiger partial charge in [-0.2, -0.15) is 57.1 Å². The molecule has 0 saturated heterocycles. The molecule has 0 bridgehead atoms. The molecule has 0 aromatic heterocycles. The van der Waals surface area contributed by atoms with Crippen molar-refractivity contribution >= 4 is 7.60 Å². The second-order valence-electron chi connectivity index (χ2n) is 4.64. The van der Waals surface area contributed by atoms with Gasteiger partial charge in [0.1, 0.15) is 0 Å². The molecule has 0 fully saturated rings. The van der Waals surface area contributed by atoms with Crippen LogP contribution in [0.25, 0.3) is 0 Å². The first-order valence-corrected chi connectivity index (χ1v) is 7.26. The van der Waals surface area contributed by atoms with Gasteiger partial charge in [-0.05, 0) is 0 Å². The van der Waals surface area contributed by atoms with Crippen molar-refractivity contribution in [3.8, 4) is 0 Å². The van der Waals surface area contributed by atoms with Gasteiger partial charge >= 0.3 is 43.4 Å². The molecule has 5 nitrogen and oxygen atoms in total. The van der Waals surface area contributed by atoms with E-state index in [-0.39, 0.29) is 12.3 Å². The maximum Gasteiger partial charge on any atom is 0.460 e. The van der Waals surface area contributed by atoms with Crippen LogP contribution >= 0.6 is 7.60 Å². The molecule has 0 amide bonds. The lowest BCUT2D eigenvalue weighted by Crippen LogP contribution is -2.70. The quantitative estimate of drug-likeness (QED) is 0.325. The monoisotopic (exact) mass is 462 g/mol. The first-order chi connectivity index (χ1) is 10.5. The van der Waals surface area contributed by atoms with Crippen LogP contribution in [0.5, 0.6) is 0 Å². The van der Waals surface area contributed by atoms with E-state index in [0.717, 1.165) is 0 Å². The molecule has 19 heteroatoms. The highest BCUT2D eigenvalue weighted by molar-refractivity contribution is 7.51. The third-order valence-electron chi connectivity index (χ3n) is 2.72. The van der Waals surface area contributed by atoms with Crippen LogP contribution in [0.1, 0.15) is 6.42 Å². The molecule has 0 heterocycles. The lowest BCUT2D eigenvalue weighted by atomic mass is 9.93. The number of halogens is 13. The molecule has 8 N–H and O–H groups in total. The predicted octanol–water partition coefficient (Wildman–Crippen LogP) is 4.62. The molecule has 0 aromatic rings. The summed E-state index contributed by atoms with van der Waals surface area (Å²) in [5, 5.41) is 0. The normalized spacial score (nSPS) is 15.1. The summed E-state index contributed by atoms with van der Waals surface area (Å²) < 4.78 is 174. The van der Waals surface area contributed by atoms with Crippen LogP contribution in [-0.2, 0) is 4.57 Å². The summed E-state index contributed by atoms with van der Waals surface area (Å²) in [5.41, 5.74) is 0. The molecule has 0 aromatic carbocycles. The minimum absolute atomic E-state index is 0. The van der Waals surface area contributed by atoms with Gasteiger partial charge in [0, 0.05) is 6.42 Å². The summed E-state index contributed by atoms with van der Waals surface area (Å²) in [4.78, 5) is 16.3. The van der Waals surface area contributed by atoms with Crippen LogP contribution in [0.15, 0.2) is 0 Å². The molecule has 0 unspecified atom stereocenters. The highest BCUT2D eigenvalue weighted by Gasteiger charge is 2.90. The van der Waals surface area contributed by atoms with E-state index in [1.807, 2.05) is 0 Å². The second-order valence-corrected chi connectivity index (χ2v) is 6.41. The first-order valence-electron chi connectivity index (χ1n) is 5.46. The Kier molecular flexibility index (Phi) is 9.01. The van der Waals surface area contributed by atoms with Gasteiger partial charge < -0.3 is 22.1 Å². The van der Waals surface area contributed by atoms with Gasteiger partial charge in [0.2, 0.25) is 0 Å². The zero-order valence-corrected chi connectivity index (χ0v) is 13.4. The van der Waals surface area contributed by atoms with Crippen molar-refractivity contribution in [2.24, 2.45) is 0 Å². The summed E-state index contributed by atoms with van der Waals surface area (Å²) >= 11 is 0. The topological polar surface area (TPSA) is 128 Å². The summed E-state index contributed by atoms with van der Waals surface area (Å²) in [6.45, 7) is 0. The smallest absolute Gasteiger partial charge is 0.344 e. The number of hydrogen-bond acceptors (Lipinski definition) is 3. The third-order valence-corrected chi connectivity index (χ3v) is 3.52. The minimum Gasteiger partial charge on any atom is -0.344 e. The van der Waals surface area contributed by atoms with Crippen molar-refractivity contribution < 1.29 is 71.4 Å². The van der Waals surface area contributed by atoms with E-state index in [1.54, 1.807) is 0 Å². The zero-order chi connectivity index (χ0) is 20.9. The van der Waals surface area contributed by atoms with Gasteiger partial charge in [0.05, 0.1) is 6.16 Å². The van der Waals surface area contributed by atoms with E-state index in [4.69, 9.17) is 9.79 Å². The van der Waals surface area contributed by atoms with E-state index in [0.29, 0.717) is 0 Å². The fourth-order valence-corrected chi connectivity index (χ4v) is 1.82. The van der Waals surface area contributed by atoms with Gasteiger partial charge in [-0.15, -0.1) is 0 Å². The number of hydrogen-bond donors (Lipinski definition) is 4. The predicted molar refractivity (Wildman–Crippen MR) is 62.4 cm³/mol.